The predicted octanol–water partition coefficient (Wildman–Crippen LogP) is -2.00. The van der Waals surface area contributed by atoms with Crippen molar-refractivity contribution in [3.8, 4) is 0 Å². The van der Waals surface area contributed by atoms with Gasteiger partial charge in [-0.15, -0.1) is 0 Å². The average Bonchev–Trinajstić information content (AvgIpc) is 3.15. The second-order valence-electron chi connectivity index (χ2n) is 13.2. The van der Waals surface area contributed by atoms with Crippen molar-refractivity contribution in [3.63, 3.8) is 0 Å². The third-order valence-electron chi connectivity index (χ3n) is 9.11. The number of ketones is 1. The fraction of sp³-hybridized carbons (Fsp3) is 0.526. The molecule has 0 spiro atoms. The van der Waals surface area contributed by atoms with Crippen molar-refractivity contribution >= 4 is 24.4 Å². The van der Waals surface area contributed by atoms with Gasteiger partial charge in [-0.1, -0.05) is 99.2 Å². The zero-order valence-electron chi connectivity index (χ0n) is 32.0. The maximum Gasteiger partial charge on any atom is 1.00 e. The van der Waals surface area contributed by atoms with Crippen molar-refractivity contribution < 1.29 is 168 Å². The molecule has 0 heterocycles. The molecule has 0 aromatic heterocycles. The van der Waals surface area contributed by atoms with Gasteiger partial charge in [0.15, 0.2) is 0 Å². The molecule has 16 heteroatoms. The molecule has 54 heavy (non-hydrogen) atoms. The number of nitrogens with two attached hydrogens (primary N) is 1. The van der Waals surface area contributed by atoms with E-state index in [0.717, 1.165) is 50.5 Å². The number of carbonyl (C=O) groups is 2. The Bertz CT molecular complexity index is 1440. The van der Waals surface area contributed by atoms with Gasteiger partial charge in [-0.05, 0) is 66.5 Å². The molecule has 0 aliphatic heterocycles. The van der Waals surface area contributed by atoms with Crippen LogP contribution in [0.4, 0.5) is 13.2 Å². The van der Waals surface area contributed by atoms with Crippen molar-refractivity contribution in [2.75, 3.05) is 6.54 Å². The van der Waals surface area contributed by atoms with Gasteiger partial charge in [0.25, 0.3) is 6.47 Å². The Balaban J connectivity index is 0. The van der Waals surface area contributed by atoms with E-state index in [9.17, 15) is 48.6 Å². The summed E-state index contributed by atoms with van der Waals surface area (Å²) >= 11 is 0. The fourth-order valence-electron chi connectivity index (χ4n) is 6.01. The molecule has 2 aliphatic rings. The van der Waals surface area contributed by atoms with Crippen LogP contribution < -0.4 is 114 Å². The Labute approximate surface area is 401 Å². The maximum absolute atomic E-state index is 12.2. The summed E-state index contributed by atoms with van der Waals surface area (Å²) in [7, 11) is 0. The van der Waals surface area contributed by atoms with E-state index in [1.807, 2.05) is 30.4 Å². The van der Waals surface area contributed by atoms with Crippen LogP contribution in [0.1, 0.15) is 113 Å². The molecule has 0 unspecified atom stereocenters. The first-order valence-corrected chi connectivity index (χ1v) is 17.3. The summed E-state index contributed by atoms with van der Waals surface area (Å²) in [6.07, 6.45) is 5.39. The summed E-state index contributed by atoms with van der Waals surface area (Å²) in [5, 5.41) is 69.1. The minimum atomic E-state index is -4.94. The summed E-state index contributed by atoms with van der Waals surface area (Å²) in [5.74, 6) is -1.92. The normalized spacial score (nSPS) is 18.6. The molecule has 8 N–H and O–H groups in total. The number of rotatable bonds is 13. The maximum atomic E-state index is 12.2. The minimum Gasteiger partial charge on any atom is -1.00 e. The van der Waals surface area contributed by atoms with E-state index < -0.39 is 60.4 Å². The van der Waals surface area contributed by atoms with Crippen LogP contribution in [0.2, 0.25) is 0 Å². The van der Waals surface area contributed by atoms with Gasteiger partial charge in [-0.2, -0.15) is 13.2 Å². The molecule has 0 amide bonds. The van der Waals surface area contributed by atoms with Crippen LogP contribution in [0.5, 0.6) is 0 Å². The van der Waals surface area contributed by atoms with Gasteiger partial charge >= 0.3 is 109 Å². The number of halogens is 3. The SMILES string of the molecule is NC[C@H](O)[C@@H](O)c1cccc(/C=C/C2(O)CCCCC2)c1.O=C(CC[C@H](O)[C@@H](O)c1cccc(/C=C/C2(O)CCCCC2)c1)C(F)(F)F.O=CO[O-].[H-].[K+].[K+]. The van der Waals surface area contributed by atoms with Gasteiger partial charge in [0.2, 0.25) is 5.78 Å². The van der Waals surface area contributed by atoms with Crippen molar-refractivity contribution in [3.05, 3.63) is 82.9 Å². The van der Waals surface area contributed by atoms with E-state index >= 15 is 0 Å². The molecule has 11 nitrogen and oxygen atoms in total. The van der Waals surface area contributed by atoms with Crippen LogP contribution in [-0.4, -0.2) is 79.0 Å². The Morgan fingerprint density at radius 1 is 0.796 bits per heavy atom. The van der Waals surface area contributed by atoms with E-state index in [0.29, 0.717) is 29.5 Å². The molecule has 2 saturated carbocycles. The van der Waals surface area contributed by atoms with Crippen molar-refractivity contribution in [1.82, 2.24) is 0 Å². The van der Waals surface area contributed by atoms with E-state index in [-0.39, 0.29) is 117 Å². The smallest absolute Gasteiger partial charge is 1.00 e. The van der Waals surface area contributed by atoms with E-state index in [4.69, 9.17) is 15.8 Å². The standard InChI is InChI=1S/C20H25F3O4.C17H25NO3.CH2O3.2K.H/c21-20(22,23)17(25)8-7-16(24)18(26)15-6-4-5-14(13-15)9-12-19(27)10-2-1-3-11-19;18-12-15(19)16(20)14-6-4-5-13(11-14)7-10-17(21)8-2-1-3-9-17;2-1-4-3;;;/h4-6,9,12-13,16,18,24,26-27H,1-3,7-8,10-11H2;4-7,10-11,15-16,19-21H,1-3,8-9,12,18H2;1,3H;;;/q;;;2*+1;-1/p-1/b12-9+;10-7+;;;;/t16-,18-;15-,16-;;;;/m00..../s1. The molecule has 0 saturated heterocycles. The zero-order valence-corrected chi connectivity index (χ0v) is 37.3. The molecule has 4 atom stereocenters. The monoisotopic (exact) mass is 817 g/mol. The second kappa shape index (κ2) is 27.5. The Kier molecular flexibility index (Phi) is 27.4. The van der Waals surface area contributed by atoms with Gasteiger partial charge in [0.1, 0.15) is 12.2 Å². The molecule has 2 aromatic rings. The Hall–Kier alpha value is -0.197. The predicted molar refractivity (Wildman–Crippen MR) is 187 cm³/mol. The summed E-state index contributed by atoms with van der Waals surface area (Å²) in [5.41, 5.74) is 6.38. The Morgan fingerprint density at radius 2 is 1.19 bits per heavy atom. The van der Waals surface area contributed by atoms with Gasteiger partial charge in [-0.3, -0.25) is 9.59 Å². The second-order valence-corrected chi connectivity index (χ2v) is 13.2. The minimum absolute atomic E-state index is 0. The van der Waals surface area contributed by atoms with Crippen LogP contribution in [0, 0.1) is 0 Å². The number of aliphatic hydroxyl groups is 6. The molecule has 2 aliphatic carbocycles. The summed E-state index contributed by atoms with van der Waals surface area (Å²) < 4.78 is 36.7. The molecule has 2 fully saturated rings. The van der Waals surface area contributed by atoms with E-state index in [1.165, 1.54) is 6.42 Å². The van der Waals surface area contributed by atoms with E-state index in [1.54, 1.807) is 42.5 Å². The van der Waals surface area contributed by atoms with Gasteiger partial charge in [-0.25, -0.2) is 0 Å². The molecular formula is C38H52F3K2NO10. The quantitative estimate of drug-likeness (QED) is 0.0509. The zero-order chi connectivity index (χ0) is 38.8. The third-order valence-corrected chi connectivity index (χ3v) is 9.11. The molecule has 2 aromatic carbocycles. The summed E-state index contributed by atoms with van der Waals surface area (Å²) in [6.45, 7) is -0.166. The molecule has 292 valence electrons. The van der Waals surface area contributed by atoms with Crippen LogP contribution in [-0.2, 0) is 14.5 Å². The van der Waals surface area contributed by atoms with Crippen LogP contribution in [0.25, 0.3) is 12.2 Å². The largest absolute Gasteiger partial charge is 1.00 e. The molecule has 0 bridgehead atoms. The van der Waals surface area contributed by atoms with Crippen molar-refractivity contribution in [2.45, 2.75) is 119 Å². The van der Waals surface area contributed by atoms with Crippen LogP contribution >= 0.6 is 0 Å². The van der Waals surface area contributed by atoms with E-state index in [2.05, 4.69) is 4.89 Å². The summed E-state index contributed by atoms with van der Waals surface area (Å²) in [6, 6.07) is 13.9. The van der Waals surface area contributed by atoms with Crippen LogP contribution in [0.15, 0.2) is 60.7 Å². The molecule has 0 radical (unpaired) electrons. The number of Topliss-reactive ketones (excluding diaryl/α,β-unsaturated/α-hetero) is 1. The number of hydrogen-bond acceptors (Lipinski definition) is 11. The Morgan fingerprint density at radius 3 is 1.54 bits per heavy atom. The first-order chi connectivity index (χ1) is 24.6. The summed E-state index contributed by atoms with van der Waals surface area (Å²) in [4.78, 5) is 22.1. The molecule has 4 rings (SSSR count). The number of benzene rings is 2. The number of aliphatic hydroxyl groups excluding tert-OH is 4. The topological polar surface area (TPSA) is 214 Å². The number of carbonyl (C=O) groups excluding carboxylic acids is 2. The average molecular weight is 818 g/mol. The van der Waals surface area contributed by atoms with Gasteiger partial charge < -0.3 is 47.9 Å². The number of hydrogen-bond donors (Lipinski definition) is 7. The third kappa shape index (κ3) is 20.0. The fourth-order valence-corrected chi connectivity index (χ4v) is 6.01. The molecular weight excluding hydrogens is 766 g/mol. The van der Waals surface area contributed by atoms with Crippen molar-refractivity contribution in [2.24, 2.45) is 5.73 Å². The van der Waals surface area contributed by atoms with Crippen molar-refractivity contribution in [1.29, 1.82) is 0 Å². The van der Waals surface area contributed by atoms with Gasteiger partial charge in [0.05, 0.1) is 23.4 Å². The van der Waals surface area contributed by atoms with Gasteiger partial charge in [0, 0.05) is 13.0 Å². The first-order valence-electron chi connectivity index (χ1n) is 17.3. The first kappa shape index (κ1) is 53.8. The number of alkyl halides is 3. The van der Waals surface area contributed by atoms with Crippen LogP contribution in [0.3, 0.4) is 0 Å².